The highest BCUT2D eigenvalue weighted by atomic mass is 32.1. The highest BCUT2D eigenvalue weighted by molar-refractivity contribution is 7.10. The van der Waals surface area contributed by atoms with Crippen LogP contribution < -0.4 is 0 Å². The summed E-state index contributed by atoms with van der Waals surface area (Å²) in [4.78, 5) is 17.4. The van der Waals surface area contributed by atoms with E-state index in [4.69, 9.17) is 19.4 Å². The lowest BCUT2D eigenvalue weighted by molar-refractivity contribution is -0.192. The molecular formula is C22H29F3N2O4S2. The average molecular weight is 507 g/mol. The highest BCUT2D eigenvalue weighted by Crippen LogP contribution is 2.42. The van der Waals surface area contributed by atoms with E-state index >= 15 is 0 Å². The minimum absolute atomic E-state index is 0.104. The van der Waals surface area contributed by atoms with Crippen molar-refractivity contribution in [2.75, 3.05) is 26.3 Å². The van der Waals surface area contributed by atoms with E-state index in [2.05, 4.69) is 32.8 Å². The van der Waals surface area contributed by atoms with Crippen molar-refractivity contribution >= 4 is 28.6 Å². The number of halogens is 3. The molecule has 184 valence electrons. The molecule has 2 aliphatic heterocycles. The number of aryl methyl sites for hydroxylation is 1. The Morgan fingerprint density at radius 2 is 2.09 bits per heavy atom. The lowest BCUT2D eigenvalue weighted by atomic mass is 9.78. The van der Waals surface area contributed by atoms with Crippen LogP contribution in [0.25, 0.3) is 0 Å². The van der Waals surface area contributed by atoms with E-state index in [9.17, 15) is 13.2 Å². The Bertz CT molecular complexity index is 865. The van der Waals surface area contributed by atoms with E-state index in [0.717, 1.165) is 62.8 Å². The fourth-order valence-electron chi connectivity index (χ4n) is 4.33. The van der Waals surface area contributed by atoms with Gasteiger partial charge in [-0.05, 0) is 50.0 Å². The zero-order valence-corrected chi connectivity index (χ0v) is 20.1. The van der Waals surface area contributed by atoms with Gasteiger partial charge >= 0.3 is 12.1 Å². The number of hydrogen-bond acceptors (Lipinski definition) is 7. The number of thiophene rings is 1. The molecule has 1 spiro atoms. The summed E-state index contributed by atoms with van der Waals surface area (Å²) in [6.07, 6.45) is -0.471. The largest absolute Gasteiger partial charge is 0.490 e. The summed E-state index contributed by atoms with van der Waals surface area (Å²) in [6.45, 7) is 7.79. The maximum absolute atomic E-state index is 10.6. The van der Waals surface area contributed by atoms with Crippen LogP contribution in [0.3, 0.4) is 0 Å². The maximum atomic E-state index is 10.6. The van der Waals surface area contributed by atoms with Gasteiger partial charge in [-0.25, -0.2) is 9.78 Å². The van der Waals surface area contributed by atoms with Crippen LogP contribution in [0.5, 0.6) is 0 Å². The Kier molecular flexibility index (Phi) is 9.28. The monoisotopic (exact) mass is 506 g/mol. The minimum atomic E-state index is -5.08. The molecule has 0 aromatic carbocycles. The Hall–Kier alpha value is -1.53. The minimum Gasteiger partial charge on any atom is -0.475 e. The van der Waals surface area contributed by atoms with E-state index < -0.39 is 12.1 Å². The molecule has 2 saturated heterocycles. The van der Waals surface area contributed by atoms with Gasteiger partial charge in [-0.15, -0.1) is 22.7 Å². The number of carboxylic acid groups (broad SMARTS) is 1. The van der Waals surface area contributed by atoms with Crippen LogP contribution in [0.2, 0.25) is 0 Å². The summed E-state index contributed by atoms with van der Waals surface area (Å²) in [5, 5.41) is 12.5. The molecule has 1 unspecified atom stereocenters. The zero-order valence-electron chi connectivity index (χ0n) is 18.5. The molecule has 2 aliphatic rings. The number of rotatable bonds is 7. The Morgan fingerprint density at radius 3 is 2.67 bits per heavy atom. The van der Waals surface area contributed by atoms with E-state index in [1.165, 1.54) is 11.3 Å². The maximum Gasteiger partial charge on any atom is 0.490 e. The fraction of sp³-hybridized carbons (Fsp3) is 0.636. The Balaban J connectivity index is 0.000000383. The van der Waals surface area contributed by atoms with Gasteiger partial charge in [0, 0.05) is 43.1 Å². The molecular weight excluding hydrogens is 477 g/mol. The van der Waals surface area contributed by atoms with Crippen molar-refractivity contribution in [3.8, 4) is 0 Å². The number of carbonyl (C=O) groups is 1. The van der Waals surface area contributed by atoms with Crippen LogP contribution in [0, 0.1) is 12.8 Å². The standard InChI is InChI=1S/C20H28N2O2S2.C2HF3O2/c1-16-21-18(15-26-16)14-23-10-4-17-5-11-24-20(17)6-8-22(9-7-20)13-19-3-2-12-25-19;3-2(4,5)1(6)7/h2-3,12,15,17H,4-11,13-14H2,1H3;(H,6,7). The summed E-state index contributed by atoms with van der Waals surface area (Å²) < 4.78 is 43.9. The lowest BCUT2D eigenvalue weighted by Crippen LogP contribution is -2.47. The van der Waals surface area contributed by atoms with Crippen LogP contribution in [0.15, 0.2) is 22.9 Å². The number of likely N-dealkylation sites (tertiary alicyclic amines) is 1. The third-order valence-corrected chi connectivity index (χ3v) is 7.71. The van der Waals surface area contributed by atoms with Gasteiger partial charge < -0.3 is 14.6 Å². The van der Waals surface area contributed by atoms with E-state index in [1.54, 1.807) is 11.3 Å². The Morgan fingerprint density at radius 1 is 1.36 bits per heavy atom. The van der Waals surface area contributed by atoms with Crippen molar-refractivity contribution < 1.29 is 32.5 Å². The molecule has 4 rings (SSSR count). The van der Waals surface area contributed by atoms with Gasteiger partial charge in [0.2, 0.25) is 0 Å². The molecule has 0 aliphatic carbocycles. The van der Waals surface area contributed by atoms with Gasteiger partial charge in [0.1, 0.15) is 0 Å². The third-order valence-electron chi connectivity index (χ3n) is 6.03. The van der Waals surface area contributed by atoms with Crippen molar-refractivity contribution in [3.63, 3.8) is 0 Å². The molecule has 1 N–H and O–H groups in total. The van der Waals surface area contributed by atoms with Crippen LogP contribution in [-0.2, 0) is 27.4 Å². The molecule has 11 heteroatoms. The van der Waals surface area contributed by atoms with Crippen LogP contribution in [-0.4, -0.2) is 59.0 Å². The molecule has 0 bridgehead atoms. The van der Waals surface area contributed by atoms with Gasteiger partial charge in [-0.3, -0.25) is 4.90 Å². The number of thiazole rings is 1. The zero-order chi connectivity index (χ0) is 23.9. The third kappa shape index (κ3) is 7.74. The molecule has 4 heterocycles. The van der Waals surface area contributed by atoms with Crippen molar-refractivity contribution in [1.29, 1.82) is 0 Å². The van der Waals surface area contributed by atoms with E-state index in [-0.39, 0.29) is 5.60 Å². The van der Waals surface area contributed by atoms with E-state index in [0.29, 0.717) is 12.5 Å². The molecule has 33 heavy (non-hydrogen) atoms. The van der Waals surface area contributed by atoms with Crippen molar-refractivity contribution in [2.45, 2.75) is 57.5 Å². The summed E-state index contributed by atoms with van der Waals surface area (Å²) >= 11 is 3.55. The first-order chi connectivity index (χ1) is 15.7. The second kappa shape index (κ2) is 11.7. The average Bonchev–Trinajstić information content (AvgIpc) is 3.50. The Labute approximate surface area is 199 Å². The van der Waals surface area contributed by atoms with Crippen molar-refractivity contribution in [1.82, 2.24) is 9.88 Å². The first-order valence-corrected chi connectivity index (χ1v) is 12.6. The van der Waals surface area contributed by atoms with Crippen LogP contribution in [0.4, 0.5) is 13.2 Å². The van der Waals surface area contributed by atoms with Gasteiger partial charge in [0.15, 0.2) is 0 Å². The predicted octanol–water partition coefficient (Wildman–Crippen LogP) is 5.12. The van der Waals surface area contributed by atoms with Gasteiger partial charge in [-0.2, -0.15) is 13.2 Å². The number of ether oxygens (including phenoxy) is 2. The molecule has 6 nitrogen and oxygen atoms in total. The molecule has 0 saturated carbocycles. The van der Waals surface area contributed by atoms with Gasteiger partial charge in [0.05, 0.1) is 22.9 Å². The summed E-state index contributed by atoms with van der Waals surface area (Å²) in [5.41, 5.74) is 1.17. The van der Waals surface area contributed by atoms with Crippen LogP contribution in [0.1, 0.15) is 41.3 Å². The first-order valence-electron chi connectivity index (χ1n) is 10.9. The fourth-order valence-corrected chi connectivity index (χ4v) is 5.68. The molecule has 0 radical (unpaired) electrons. The number of nitrogens with zero attached hydrogens (tertiary/aromatic N) is 2. The van der Waals surface area contributed by atoms with E-state index in [1.807, 2.05) is 18.3 Å². The van der Waals surface area contributed by atoms with Crippen LogP contribution >= 0.6 is 22.7 Å². The molecule has 1 atom stereocenters. The second-order valence-corrected chi connectivity index (χ2v) is 10.4. The highest BCUT2D eigenvalue weighted by Gasteiger charge is 2.45. The topological polar surface area (TPSA) is 71.9 Å². The second-order valence-electron chi connectivity index (χ2n) is 8.26. The first kappa shape index (κ1) is 26.1. The summed E-state index contributed by atoms with van der Waals surface area (Å²) in [6, 6.07) is 4.39. The molecule has 2 aromatic rings. The number of aliphatic carboxylic acids is 1. The smallest absolute Gasteiger partial charge is 0.475 e. The molecule has 2 fully saturated rings. The SMILES string of the molecule is Cc1nc(COCCC2CCOC23CCN(Cc2cccs2)CC3)cs1.O=C(O)C(F)(F)F. The number of piperidine rings is 1. The molecule has 2 aromatic heterocycles. The quantitative estimate of drug-likeness (QED) is 0.526. The summed E-state index contributed by atoms with van der Waals surface area (Å²) in [5.74, 6) is -2.11. The van der Waals surface area contributed by atoms with Gasteiger partial charge in [-0.1, -0.05) is 6.07 Å². The number of alkyl halides is 3. The van der Waals surface area contributed by atoms with Crippen molar-refractivity contribution in [3.05, 3.63) is 38.5 Å². The number of carboxylic acids is 1. The summed E-state index contributed by atoms with van der Waals surface area (Å²) in [7, 11) is 0. The predicted molar refractivity (Wildman–Crippen MR) is 120 cm³/mol. The molecule has 0 amide bonds. The van der Waals surface area contributed by atoms with Crippen molar-refractivity contribution in [2.24, 2.45) is 5.92 Å². The number of hydrogen-bond donors (Lipinski definition) is 1. The normalized spacial score (nSPS) is 20.5. The van der Waals surface area contributed by atoms with Gasteiger partial charge in [0.25, 0.3) is 0 Å². The number of aromatic nitrogens is 1. The lowest BCUT2D eigenvalue weighted by Gasteiger charge is -2.42.